The van der Waals surface area contributed by atoms with Crippen LogP contribution in [-0.2, 0) is 0 Å². The van der Waals surface area contributed by atoms with Crippen LogP contribution < -0.4 is 0 Å². The van der Waals surface area contributed by atoms with Gasteiger partial charge in [0, 0.05) is 12.3 Å². The van der Waals surface area contributed by atoms with Gasteiger partial charge in [0.05, 0.1) is 11.9 Å². The van der Waals surface area contributed by atoms with Crippen LogP contribution in [0.5, 0.6) is 0 Å². The molecule has 0 N–H and O–H groups in total. The molecule has 0 amide bonds. The highest BCUT2D eigenvalue weighted by atomic mass is 15.3. The normalized spacial score (nSPS) is 10.1. The highest BCUT2D eigenvalue weighted by Gasteiger charge is 1.93. The molecule has 0 fully saturated rings. The lowest BCUT2D eigenvalue weighted by molar-refractivity contribution is 0.880. The molecule has 0 unspecified atom stereocenters. The zero-order valence-electron chi connectivity index (χ0n) is 6.86. The fourth-order valence-corrected chi connectivity index (χ4v) is 1.07. The van der Waals surface area contributed by atoms with E-state index in [0.29, 0.717) is 0 Å². The lowest BCUT2D eigenvalue weighted by Gasteiger charge is -2.00. The van der Waals surface area contributed by atoms with Crippen LogP contribution >= 0.6 is 0 Å². The van der Waals surface area contributed by atoms with Gasteiger partial charge in [0.1, 0.15) is 0 Å². The summed E-state index contributed by atoms with van der Waals surface area (Å²) in [6.45, 7) is 2.07. The van der Waals surface area contributed by atoms with Gasteiger partial charge in [-0.2, -0.15) is 5.10 Å². The molecule has 0 bridgehead atoms. The fraction of sp³-hybridized carbons (Fsp3) is 0.100. The first kappa shape index (κ1) is 7.10. The van der Waals surface area contributed by atoms with E-state index in [9.17, 15) is 0 Å². The van der Waals surface area contributed by atoms with Crippen molar-refractivity contribution in [2.45, 2.75) is 6.92 Å². The first-order valence-corrected chi connectivity index (χ1v) is 3.84. The van der Waals surface area contributed by atoms with Crippen LogP contribution in [-0.4, -0.2) is 9.78 Å². The highest BCUT2D eigenvalue weighted by Crippen LogP contribution is 2.06. The summed E-state index contributed by atoms with van der Waals surface area (Å²) in [5, 5.41) is 4.08. The smallest absolute Gasteiger partial charge is 0.0645 e. The van der Waals surface area contributed by atoms with Gasteiger partial charge in [-0.05, 0) is 19.1 Å². The van der Waals surface area contributed by atoms with Crippen molar-refractivity contribution in [3.05, 3.63) is 48.3 Å². The first-order valence-electron chi connectivity index (χ1n) is 3.84. The molecule has 0 saturated heterocycles. The van der Waals surface area contributed by atoms with Gasteiger partial charge < -0.3 is 0 Å². The molecule has 12 heavy (non-hydrogen) atoms. The Hall–Kier alpha value is -1.57. The third kappa shape index (κ3) is 1.23. The molecule has 0 aliphatic rings. The van der Waals surface area contributed by atoms with E-state index in [1.54, 1.807) is 10.9 Å². The summed E-state index contributed by atoms with van der Waals surface area (Å²) in [7, 11) is 0. The third-order valence-electron chi connectivity index (χ3n) is 1.75. The predicted molar refractivity (Wildman–Crippen MR) is 47.1 cm³/mol. The van der Waals surface area contributed by atoms with E-state index in [-0.39, 0.29) is 0 Å². The minimum atomic E-state index is 1.07. The molecule has 1 radical (unpaired) electrons. The van der Waals surface area contributed by atoms with Gasteiger partial charge in [-0.15, -0.1) is 0 Å². The van der Waals surface area contributed by atoms with E-state index in [1.165, 1.54) is 5.56 Å². The zero-order valence-corrected chi connectivity index (χ0v) is 6.86. The van der Waals surface area contributed by atoms with Gasteiger partial charge in [0.15, 0.2) is 0 Å². The lowest BCUT2D eigenvalue weighted by Crippen LogP contribution is -1.92. The second kappa shape index (κ2) is 2.81. The Kier molecular flexibility index (Phi) is 1.67. The molecule has 0 aliphatic heterocycles. The number of hydrogen-bond acceptors (Lipinski definition) is 1. The number of rotatable bonds is 1. The van der Waals surface area contributed by atoms with Crippen LogP contribution in [0.15, 0.2) is 36.7 Å². The van der Waals surface area contributed by atoms with Gasteiger partial charge in [-0.1, -0.05) is 17.7 Å². The number of hydrogen-bond donors (Lipinski definition) is 0. The van der Waals surface area contributed by atoms with Crippen molar-refractivity contribution in [1.82, 2.24) is 9.78 Å². The predicted octanol–water partition coefficient (Wildman–Crippen LogP) is 1.98. The summed E-state index contributed by atoms with van der Waals surface area (Å²) in [4.78, 5) is 0. The minimum absolute atomic E-state index is 1.07. The van der Waals surface area contributed by atoms with Crippen molar-refractivity contribution in [2.75, 3.05) is 0 Å². The molecule has 1 aromatic heterocycles. The van der Waals surface area contributed by atoms with Crippen LogP contribution in [0.2, 0.25) is 0 Å². The molecular formula is C10H9N2. The van der Waals surface area contributed by atoms with Gasteiger partial charge >= 0.3 is 0 Å². The largest absolute Gasteiger partial charge is 0.240 e. The SMILES string of the molecule is Cc1ccc(-n2c[c]cn2)cc1. The highest BCUT2D eigenvalue weighted by molar-refractivity contribution is 5.32. The maximum Gasteiger partial charge on any atom is 0.0645 e. The van der Waals surface area contributed by atoms with E-state index in [4.69, 9.17) is 0 Å². The number of nitrogens with zero attached hydrogens (tertiary/aromatic N) is 2. The van der Waals surface area contributed by atoms with Crippen LogP contribution in [0.1, 0.15) is 5.56 Å². The molecule has 0 saturated carbocycles. The Morgan fingerprint density at radius 3 is 2.58 bits per heavy atom. The van der Waals surface area contributed by atoms with Crippen LogP contribution in [0.3, 0.4) is 0 Å². The lowest BCUT2D eigenvalue weighted by atomic mass is 10.2. The summed E-state index contributed by atoms with van der Waals surface area (Å²) >= 11 is 0. The van der Waals surface area contributed by atoms with E-state index < -0.39 is 0 Å². The first-order chi connectivity index (χ1) is 5.86. The summed E-state index contributed by atoms with van der Waals surface area (Å²) in [5.74, 6) is 0. The number of benzene rings is 1. The summed E-state index contributed by atoms with van der Waals surface area (Å²) in [5.41, 5.74) is 2.33. The topological polar surface area (TPSA) is 17.8 Å². The second-order valence-corrected chi connectivity index (χ2v) is 2.72. The second-order valence-electron chi connectivity index (χ2n) is 2.72. The van der Waals surface area contributed by atoms with Gasteiger partial charge in [0.25, 0.3) is 0 Å². The quantitative estimate of drug-likeness (QED) is 0.619. The Balaban J connectivity index is 2.43. The van der Waals surface area contributed by atoms with Gasteiger partial charge in [-0.3, -0.25) is 0 Å². The van der Waals surface area contributed by atoms with Gasteiger partial charge in [0.2, 0.25) is 0 Å². The average Bonchev–Trinajstić information content (AvgIpc) is 2.58. The minimum Gasteiger partial charge on any atom is -0.240 e. The van der Waals surface area contributed by atoms with Crippen molar-refractivity contribution >= 4 is 0 Å². The standard InChI is InChI=1S/C10H9N2/c1-9-3-5-10(6-4-9)12-8-2-7-11-12/h3-8H,1H3. The Labute approximate surface area is 71.5 Å². The molecular weight excluding hydrogens is 148 g/mol. The van der Waals surface area contributed by atoms with E-state index >= 15 is 0 Å². The van der Waals surface area contributed by atoms with Crippen LogP contribution in [0.4, 0.5) is 0 Å². The molecule has 2 rings (SSSR count). The van der Waals surface area contributed by atoms with E-state index in [2.05, 4.69) is 30.2 Å². The molecule has 59 valence electrons. The molecule has 1 aromatic carbocycles. The third-order valence-corrected chi connectivity index (χ3v) is 1.75. The fourth-order valence-electron chi connectivity index (χ4n) is 1.07. The molecule has 0 aliphatic carbocycles. The number of aromatic nitrogens is 2. The van der Waals surface area contributed by atoms with Crippen molar-refractivity contribution in [3.63, 3.8) is 0 Å². The van der Waals surface area contributed by atoms with Crippen molar-refractivity contribution in [2.24, 2.45) is 0 Å². The van der Waals surface area contributed by atoms with E-state index in [0.717, 1.165) is 5.69 Å². The maximum absolute atomic E-state index is 4.08. The summed E-state index contributed by atoms with van der Waals surface area (Å²) < 4.78 is 1.79. The Morgan fingerprint density at radius 1 is 1.25 bits per heavy atom. The van der Waals surface area contributed by atoms with Crippen LogP contribution in [0, 0.1) is 13.0 Å². The van der Waals surface area contributed by atoms with Gasteiger partial charge in [-0.25, -0.2) is 4.68 Å². The Bertz CT molecular complexity index is 346. The maximum atomic E-state index is 4.08. The Morgan fingerprint density at radius 2 is 2.00 bits per heavy atom. The number of aryl methyl sites for hydroxylation is 1. The van der Waals surface area contributed by atoms with Crippen molar-refractivity contribution in [3.8, 4) is 5.69 Å². The zero-order chi connectivity index (χ0) is 8.39. The molecule has 2 aromatic rings. The average molecular weight is 157 g/mol. The van der Waals surface area contributed by atoms with E-state index in [1.807, 2.05) is 18.3 Å². The summed E-state index contributed by atoms with van der Waals surface area (Å²) in [6.07, 6.45) is 3.46. The molecule has 0 atom stereocenters. The molecule has 0 spiro atoms. The summed E-state index contributed by atoms with van der Waals surface area (Å²) in [6, 6.07) is 11.1. The van der Waals surface area contributed by atoms with Crippen LogP contribution in [0.25, 0.3) is 5.69 Å². The van der Waals surface area contributed by atoms with Crippen molar-refractivity contribution in [1.29, 1.82) is 0 Å². The monoisotopic (exact) mass is 157 g/mol. The molecule has 2 nitrogen and oxygen atoms in total. The molecule has 2 heteroatoms. The van der Waals surface area contributed by atoms with Crippen molar-refractivity contribution < 1.29 is 0 Å². The molecule has 1 heterocycles.